The summed E-state index contributed by atoms with van der Waals surface area (Å²) in [5.74, 6) is 3.51. The molecule has 15 heavy (non-hydrogen) atoms. The summed E-state index contributed by atoms with van der Waals surface area (Å²) in [4.78, 5) is 2.53. The molecule has 1 N–H and O–H groups in total. The Balaban J connectivity index is 2.18. The molecule has 1 aliphatic heterocycles. The molecule has 0 amide bonds. The summed E-state index contributed by atoms with van der Waals surface area (Å²) >= 11 is 0. The lowest BCUT2D eigenvalue weighted by Gasteiger charge is -2.34. The van der Waals surface area contributed by atoms with Crippen molar-refractivity contribution in [2.24, 2.45) is 5.92 Å². The minimum Gasteiger partial charge on any atom is -0.313 e. The molecule has 0 saturated carbocycles. The van der Waals surface area contributed by atoms with Crippen LogP contribution in [0.5, 0.6) is 0 Å². The second-order valence-electron chi connectivity index (χ2n) is 4.47. The van der Waals surface area contributed by atoms with Crippen LogP contribution in [0.2, 0.25) is 0 Å². The summed E-state index contributed by atoms with van der Waals surface area (Å²) in [5, 5.41) is 3.53. The van der Waals surface area contributed by atoms with Gasteiger partial charge in [0.1, 0.15) is 0 Å². The van der Waals surface area contributed by atoms with Crippen LogP contribution in [0.25, 0.3) is 0 Å². The van der Waals surface area contributed by atoms with E-state index in [1.54, 1.807) is 0 Å². The van der Waals surface area contributed by atoms with Gasteiger partial charge in [0.15, 0.2) is 0 Å². The molecule has 2 heteroatoms. The van der Waals surface area contributed by atoms with Gasteiger partial charge in [0.05, 0.1) is 0 Å². The second kappa shape index (κ2) is 6.87. The average Bonchev–Trinajstić information content (AvgIpc) is 2.29. The first-order valence-electron chi connectivity index (χ1n) is 6.17. The molecular weight excluding hydrogens is 184 g/mol. The second-order valence-corrected chi connectivity index (χ2v) is 4.47. The highest BCUT2D eigenvalue weighted by Gasteiger charge is 2.22. The summed E-state index contributed by atoms with van der Waals surface area (Å²) in [7, 11) is 0. The number of hydrogen-bond donors (Lipinski definition) is 1. The molecule has 0 bridgehead atoms. The van der Waals surface area contributed by atoms with Crippen molar-refractivity contribution in [2.45, 2.75) is 39.2 Å². The third-order valence-corrected chi connectivity index (χ3v) is 3.52. The highest BCUT2D eigenvalue weighted by atomic mass is 15.1. The van der Waals surface area contributed by atoms with Gasteiger partial charge >= 0.3 is 0 Å². The van der Waals surface area contributed by atoms with E-state index in [0.717, 1.165) is 18.9 Å². The zero-order valence-corrected chi connectivity index (χ0v) is 10.1. The molecule has 1 fully saturated rings. The van der Waals surface area contributed by atoms with Gasteiger partial charge < -0.3 is 10.2 Å². The van der Waals surface area contributed by atoms with E-state index in [0.29, 0.717) is 6.04 Å². The quantitative estimate of drug-likeness (QED) is 0.547. The molecule has 1 aliphatic rings. The van der Waals surface area contributed by atoms with Crippen molar-refractivity contribution < 1.29 is 0 Å². The van der Waals surface area contributed by atoms with Gasteiger partial charge in [-0.2, -0.15) is 0 Å². The summed E-state index contributed by atoms with van der Waals surface area (Å²) < 4.78 is 0. The van der Waals surface area contributed by atoms with Gasteiger partial charge in [-0.05, 0) is 45.3 Å². The number of likely N-dealkylation sites (tertiary alicyclic amines) is 1. The first kappa shape index (κ1) is 12.5. The Bertz CT molecular complexity index is 199. The van der Waals surface area contributed by atoms with E-state index in [2.05, 4.69) is 30.0 Å². The Morgan fingerprint density at radius 3 is 2.67 bits per heavy atom. The van der Waals surface area contributed by atoms with Gasteiger partial charge in [0.25, 0.3) is 0 Å². The fourth-order valence-electron chi connectivity index (χ4n) is 2.31. The fraction of sp³-hybridized carbons (Fsp3) is 0.846. The van der Waals surface area contributed by atoms with Gasteiger partial charge in [-0.15, -0.1) is 12.3 Å². The molecule has 0 aromatic carbocycles. The highest BCUT2D eigenvalue weighted by molar-refractivity contribution is 4.86. The van der Waals surface area contributed by atoms with Crippen molar-refractivity contribution in [3.8, 4) is 12.3 Å². The highest BCUT2D eigenvalue weighted by Crippen LogP contribution is 2.20. The predicted molar refractivity (Wildman–Crippen MR) is 65.8 cm³/mol. The van der Waals surface area contributed by atoms with Crippen molar-refractivity contribution in [1.29, 1.82) is 0 Å². The Morgan fingerprint density at radius 1 is 1.47 bits per heavy atom. The predicted octanol–water partition coefficient (Wildman–Crippen LogP) is 1.72. The van der Waals surface area contributed by atoms with Crippen molar-refractivity contribution >= 4 is 0 Å². The lowest BCUT2D eigenvalue weighted by Crippen LogP contribution is -2.42. The van der Waals surface area contributed by atoms with Crippen molar-refractivity contribution in [3.05, 3.63) is 0 Å². The lowest BCUT2D eigenvalue weighted by molar-refractivity contribution is 0.169. The SMILES string of the molecule is C#CCCNC(C)C1CCN(CC)CC1. The number of piperidine rings is 1. The van der Waals surface area contributed by atoms with Gasteiger partial charge in [0.2, 0.25) is 0 Å². The largest absolute Gasteiger partial charge is 0.313 e. The Labute approximate surface area is 94.4 Å². The minimum atomic E-state index is 0.623. The van der Waals surface area contributed by atoms with Crippen LogP contribution < -0.4 is 5.32 Å². The molecule has 1 saturated heterocycles. The zero-order chi connectivity index (χ0) is 11.1. The van der Waals surface area contributed by atoms with E-state index < -0.39 is 0 Å². The van der Waals surface area contributed by atoms with E-state index in [9.17, 15) is 0 Å². The molecule has 0 spiro atoms. The van der Waals surface area contributed by atoms with Crippen LogP contribution in [0, 0.1) is 18.3 Å². The van der Waals surface area contributed by atoms with Gasteiger partial charge in [0, 0.05) is 19.0 Å². The first-order valence-corrected chi connectivity index (χ1v) is 6.17. The normalized spacial score (nSPS) is 21.1. The van der Waals surface area contributed by atoms with Crippen LogP contribution in [-0.2, 0) is 0 Å². The number of hydrogen-bond acceptors (Lipinski definition) is 2. The molecule has 1 rings (SSSR count). The van der Waals surface area contributed by atoms with Crippen LogP contribution >= 0.6 is 0 Å². The topological polar surface area (TPSA) is 15.3 Å². The summed E-state index contributed by atoms with van der Waals surface area (Å²) in [6.45, 7) is 9.24. The molecule has 0 aromatic heterocycles. The van der Waals surface area contributed by atoms with Crippen molar-refractivity contribution in [1.82, 2.24) is 10.2 Å². The molecular formula is C13H24N2. The van der Waals surface area contributed by atoms with Crippen molar-refractivity contribution in [2.75, 3.05) is 26.2 Å². The molecule has 0 aromatic rings. The number of nitrogens with one attached hydrogen (secondary N) is 1. The first-order chi connectivity index (χ1) is 7.27. The lowest BCUT2D eigenvalue weighted by atomic mass is 9.90. The van der Waals surface area contributed by atoms with Crippen LogP contribution in [0.1, 0.15) is 33.1 Å². The van der Waals surface area contributed by atoms with Gasteiger partial charge in [-0.25, -0.2) is 0 Å². The maximum absolute atomic E-state index is 5.23. The summed E-state index contributed by atoms with van der Waals surface area (Å²) in [5.41, 5.74) is 0. The maximum atomic E-state index is 5.23. The molecule has 2 nitrogen and oxygen atoms in total. The zero-order valence-electron chi connectivity index (χ0n) is 10.1. The van der Waals surface area contributed by atoms with E-state index in [4.69, 9.17) is 6.42 Å². The van der Waals surface area contributed by atoms with Gasteiger partial charge in [-0.1, -0.05) is 6.92 Å². The standard InChI is InChI=1S/C13H24N2/c1-4-6-9-14-12(3)13-7-10-15(5-2)11-8-13/h1,12-14H,5-11H2,2-3H3. The van der Waals surface area contributed by atoms with Crippen molar-refractivity contribution in [3.63, 3.8) is 0 Å². The third kappa shape index (κ3) is 4.24. The van der Waals surface area contributed by atoms with E-state index in [1.807, 2.05) is 0 Å². The van der Waals surface area contributed by atoms with Crippen LogP contribution in [-0.4, -0.2) is 37.1 Å². The summed E-state index contributed by atoms with van der Waals surface area (Å²) in [6, 6.07) is 0.623. The third-order valence-electron chi connectivity index (χ3n) is 3.52. The van der Waals surface area contributed by atoms with Crippen LogP contribution in [0.3, 0.4) is 0 Å². The fourth-order valence-corrected chi connectivity index (χ4v) is 2.31. The van der Waals surface area contributed by atoms with Crippen LogP contribution in [0.4, 0.5) is 0 Å². The molecule has 1 heterocycles. The van der Waals surface area contributed by atoms with Crippen LogP contribution in [0.15, 0.2) is 0 Å². The monoisotopic (exact) mass is 208 g/mol. The molecule has 0 aliphatic carbocycles. The number of nitrogens with zero attached hydrogens (tertiary/aromatic N) is 1. The maximum Gasteiger partial charge on any atom is 0.0211 e. The Hall–Kier alpha value is -0.520. The number of rotatable bonds is 5. The van der Waals surface area contributed by atoms with Gasteiger partial charge in [-0.3, -0.25) is 0 Å². The molecule has 1 atom stereocenters. The van der Waals surface area contributed by atoms with E-state index >= 15 is 0 Å². The molecule has 86 valence electrons. The Kier molecular flexibility index (Phi) is 5.75. The average molecular weight is 208 g/mol. The minimum absolute atomic E-state index is 0.623. The van der Waals surface area contributed by atoms with E-state index in [-0.39, 0.29) is 0 Å². The smallest absolute Gasteiger partial charge is 0.0211 e. The molecule has 0 radical (unpaired) electrons. The molecule has 1 unspecified atom stereocenters. The summed E-state index contributed by atoms with van der Waals surface area (Å²) in [6.07, 6.45) is 8.74. The number of terminal acetylenes is 1. The van der Waals surface area contributed by atoms with E-state index in [1.165, 1.54) is 32.5 Å². The Morgan fingerprint density at radius 2 is 2.13 bits per heavy atom.